The zero-order valence-electron chi connectivity index (χ0n) is 11.3. The number of hydrogen-bond acceptors (Lipinski definition) is 3. The van der Waals surface area contributed by atoms with Gasteiger partial charge >= 0.3 is 0 Å². The summed E-state index contributed by atoms with van der Waals surface area (Å²) in [6, 6.07) is 7.80. The normalized spacial score (nSPS) is 10.4. The van der Waals surface area contributed by atoms with Crippen molar-refractivity contribution in [3.8, 4) is 5.75 Å². The van der Waals surface area contributed by atoms with Gasteiger partial charge in [-0.1, -0.05) is 13.8 Å². The Kier molecular flexibility index (Phi) is 6.22. The molecule has 0 saturated heterocycles. The Labute approximate surface area is 109 Å². The van der Waals surface area contributed by atoms with Crippen molar-refractivity contribution in [1.29, 1.82) is 0 Å². The number of ether oxygens (including phenoxy) is 1. The molecule has 0 aromatic heterocycles. The first-order chi connectivity index (χ1) is 8.61. The van der Waals surface area contributed by atoms with Gasteiger partial charge in [-0.15, -0.1) is 0 Å². The van der Waals surface area contributed by atoms with Gasteiger partial charge in [0.15, 0.2) is 0 Å². The van der Waals surface area contributed by atoms with Crippen LogP contribution in [0.2, 0.25) is 0 Å². The molecular formula is C14H22N2O2. The number of hydrogen-bond donors (Lipinski definition) is 2. The fourth-order valence-corrected chi connectivity index (χ4v) is 1.50. The SMILES string of the molecule is CCOc1ccc(NC(=O)CCNC(C)C)cc1. The van der Waals surface area contributed by atoms with Crippen LogP contribution in [0.15, 0.2) is 24.3 Å². The lowest BCUT2D eigenvalue weighted by atomic mass is 10.3. The number of carbonyl (C=O) groups is 1. The van der Waals surface area contributed by atoms with E-state index in [1.165, 1.54) is 0 Å². The van der Waals surface area contributed by atoms with Crippen LogP contribution in [0.3, 0.4) is 0 Å². The molecule has 0 heterocycles. The van der Waals surface area contributed by atoms with E-state index in [4.69, 9.17) is 4.74 Å². The van der Waals surface area contributed by atoms with Gasteiger partial charge in [0.25, 0.3) is 0 Å². The molecule has 0 bridgehead atoms. The van der Waals surface area contributed by atoms with Gasteiger partial charge in [0.1, 0.15) is 5.75 Å². The molecule has 0 atom stereocenters. The van der Waals surface area contributed by atoms with E-state index in [1.54, 1.807) is 0 Å². The van der Waals surface area contributed by atoms with E-state index in [0.29, 0.717) is 25.6 Å². The van der Waals surface area contributed by atoms with Gasteiger partial charge in [0.2, 0.25) is 5.91 Å². The molecule has 0 radical (unpaired) electrons. The number of rotatable bonds is 7. The largest absolute Gasteiger partial charge is 0.494 e. The molecule has 1 aromatic rings. The summed E-state index contributed by atoms with van der Waals surface area (Å²) in [7, 11) is 0. The maximum Gasteiger partial charge on any atom is 0.225 e. The van der Waals surface area contributed by atoms with E-state index >= 15 is 0 Å². The Morgan fingerprint density at radius 3 is 2.50 bits per heavy atom. The zero-order valence-corrected chi connectivity index (χ0v) is 11.3. The second-order valence-electron chi connectivity index (χ2n) is 4.36. The zero-order chi connectivity index (χ0) is 13.4. The number of anilines is 1. The van der Waals surface area contributed by atoms with Gasteiger partial charge in [-0.3, -0.25) is 4.79 Å². The quantitative estimate of drug-likeness (QED) is 0.781. The summed E-state index contributed by atoms with van der Waals surface area (Å²) in [4.78, 5) is 11.6. The number of amides is 1. The molecule has 4 heteroatoms. The molecule has 18 heavy (non-hydrogen) atoms. The van der Waals surface area contributed by atoms with Crippen LogP contribution in [0, 0.1) is 0 Å². The Balaban J connectivity index is 2.35. The van der Waals surface area contributed by atoms with Gasteiger partial charge in [0.05, 0.1) is 6.61 Å². The van der Waals surface area contributed by atoms with Crippen LogP contribution in [0.4, 0.5) is 5.69 Å². The molecule has 4 nitrogen and oxygen atoms in total. The average Bonchev–Trinajstić information content (AvgIpc) is 2.31. The number of benzene rings is 1. The summed E-state index contributed by atoms with van der Waals surface area (Å²) in [6.45, 7) is 7.40. The maximum atomic E-state index is 11.6. The van der Waals surface area contributed by atoms with Crippen LogP contribution >= 0.6 is 0 Å². The molecule has 1 amide bonds. The van der Waals surface area contributed by atoms with Crippen molar-refractivity contribution >= 4 is 11.6 Å². The summed E-state index contributed by atoms with van der Waals surface area (Å²) in [5, 5.41) is 6.06. The van der Waals surface area contributed by atoms with Crippen LogP contribution in [0.1, 0.15) is 27.2 Å². The number of carbonyl (C=O) groups excluding carboxylic acids is 1. The van der Waals surface area contributed by atoms with E-state index in [0.717, 1.165) is 11.4 Å². The van der Waals surface area contributed by atoms with Crippen molar-refractivity contribution in [1.82, 2.24) is 5.32 Å². The van der Waals surface area contributed by atoms with Gasteiger partial charge in [-0.2, -0.15) is 0 Å². The Bertz CT molecular complexity index is 361. The molecule has 100 valence electrons. The molecule has 0 spiro atoms. The van der Waals surface area contributed by atoms with Crippen LogP contribution in [0.25, 0.3) is 0 Å². The molecular weight excluding hydrogens is 228 g/mol. The first-order valence-electron chi connectivity index (χ1n) is 6.38. The number of nitrogens with one attached hydrogen (secondary N) is 2. The Morgan fingerprint density at radius 2 is 1.94 bits per heavy atom. The van der Waals surface area contributed by atoms with Gasteiger partial charge in [-0.25, -0.2) is 0 Å². The highest BCUT2D eigenvalue weighted by molar-refractivity contribution is 5.90. The second kappa shape index (κ2) is 7.71. The van der Waals surface area contributed by atoms with Crippen molar-refractivity contribution in [3.63, 3.8) is 0 Å². The van der Waals surface area contributed by atoms with Crippen LogP contribution in [-0.2, 0) is 4.79 Å². The summed E-state index contributed by atoms with van der Waals surface area (Å²) >= 11 is 0. The lowest BCUT2D eigenvalue weighted by molar-refractivity contribution is -0.116. The van der Waals surface area contributed by atoms with Gasteiger partial charge in [0, 0.05) is 24.7 Å². The molecule has 1 aromatic carbocycles. The summed E-state index contributed by atoms with van der Waals surface area (Å²) in [5.41, 5.74) is 0.799. The lowest BCUT2D eigenvalue weighted by Gasteiger charge is -2.09. The predicted molar refractivity (Wildman–Crippen MR) is 74.0 cm³/mol. The molecule has 0 aliphatic heterocycles. The molecule has 0 fully saturated rings. The predicted octanol–water partition coefficient (Wildman–Crippen LogP) is 2.41. The summed E-state index contributed by atoms with van der Waals surface area (Å²) < 4.78 is 5.33. The first kappa shape index (κ1) is 14.5. The van der Waals surface area contributed by atoms with E-state index in [2.05, 4.69) is 24.5 Å². The van der Waals surface area contributed by atoms with Crippen molar-refractivity contribution in [2.24, 2.45) is 0 Å². The van der Waals surface area contributed by atoms with Crippen molar-refractivity contribution in [2.75, 3.05) is 18.5 Å². The Hall–Kier alpha value is -1.55. The van der Waals surface area contributed by atoms with Crippen LogP contribution in [0.5, 0.6) is 5.75 Å². The topological polar surface area (TPSA) is 50.4 Å². The molecule has 0 aliphatic rings. The highest BCUT2D eigenvalue weighted by atomic mass is 16.5. The highest BCUT2D eigenvalue weighted by Gasteiger charge is 2.02. The van der Waals surface area contributed by atoms with E-state index in [1.807, 2.05) is 31.2 Å². The third-order valence-corrected chi connectivity index (χ3v) is 2.35. The second-order valence-corrected chi connectivity index (χ2v) is 4.36. The lowest BCUT2D eigenvalue weighted by Crippen LogP contribution is -2.27. The average molecular weight is 250 g/mol. The van der Waals surface area contributed by atoms with E-state index < -0.39 is 0 Å². The smallest absolute Gasteiger partial charge is 0.225 e. The standard InChI is InChI=1S/C14H22N2O2/c1-4-18-13-7-5-12(6-8-13)16-14(17)9-10-15-11(2)3/h5-8,11,15H,4,9-10H2,1-3H3,(H,16,17). The third kappa shape index (κ3) is 5.68. The minimum absolute atomic E-state index is 0.0207. The Morgan fingerprint density at radius 1 is 1.28 bits per heavy atom. The molecule has 0 unspecified atom stereocenters. The summed E-state index contributed by atoms with van der Waals surface area (Å²) in [5.74, 6) is 0.837. The summed E-state index contributed by atoms with van der Waals surface area (Å²) in [6.07, 6.45) is 0.478. The van der Waals surface area contributed by atoms with Gasteiger partial charge < -0.3 is 15.4 Å². The molecule has 1 rings (SSSR count). The van der Waals surface area contributed by atoms with Crippen molar-refractivity contribution in [3.05, 3.63) is 24.3 Å². The first-order valence-corrected chi connectivity index (χ1v) is 6.38. The minimum atomic E-state index is 0.0207. The van der Waals surface area contributed by atoms with Crippen LogP contribution < -0.4 is 15.4 Å². The molecule has 0 aliphatic carbocycles. The fourth-order valence-electron chi connectivity index (χ4n) is 1.50. The van der Waals surface area contributed by atoms with E-state index in [-0.39, 0.29) is 5.91 Å². The van der Waals surface area contributed by atoms with Gasteiger partial charge in [-0.05, 0) is 31.2 Å². The minimum Gasteiger partial charge on any atom is -0.494 e. The third-order valence-electron chi connectivity index (χ3n) is 2.35. The fraction of sp³-hybridized carbons (Fsp3) is 0.500. The maximum absolute atomic E-state index is 11.6. The van der Waals surface area contributed by atoms with E-state index in [9.17, 15) is 4.79 Å². The highest BCUT2D eigenvalue weighted by Crippen LogP contribution is 2.15. The molecule has 0 saturated carbocycles. The van der Waals surface area contributed by atoms with Crippen molar-refractivity contribution < 1.29 is 9.53 Å². The monoisotopic (exact) mass is 250 g/mol. The molecule has 2 N–H and O–H groups in total. The van der Waals surface area contributed by atoms with Crippen molar-refractivity contribution in [2.45, 2.75) is 33.2 Å². The van der Waals surface area contributed by atoms with Crippen LogP contribution in [-0.4, -0.2) is 25.1 Å².